The van der Waals surface area contributed by atoms with Crippen LogP contribution in [0.15, 0.2) is 12.2 Å². The Bertz CT molecular complexity index is 410. The average Bonchev–Trinajstić information content (AvgIpc) is 2.94. The third-order valence-corrected chi connectivity index (χ3v) is 4.33. The largest absolute Gasteiger partial charge is 0.444 e. The SMILES string of the molecule is CC(C)(CNC(=O)OC(C)(C)C)NCC1CC2C=CC1C2. The number of rotatable bonds is 5. The van der Waals surface area contributed by atoms with E-state index in [0.717, 1.165) is 24.3 Å². The van der Waals surface area contributed by atoms with Crippen LogP contribution in [0.4, 0.5) is 4.79 Å². The third-order valence-electron chi connectivity index (χ3n) is 4.33. The van der Waals surface area contributed by atoms with Crippen molar-refractivity contribution in [2.75, 3.05) is 13.1 Å². The van der Waals surface area contributed by atoms with Gasteiger partial charge in [-0.15, -0.1) is 0 Å². The molecule has 2 rings (SSSR count). The Morgan fingerprint density at radius 3 is 2.43 bits per heavy atom. The van der Waals surface area contributed by atoms with Gasteiger partial charge in [-0.05, 0) is 71.8 Å². The van der Waals surface area contributed by atoms with Gasteiger partial charge in [0.1, 0.15) is 5.60 Å². The van der Waals surface area contributed by atoms with Crippen molar-refractivity contribution in [1.82, 2.24) is 10.6 Å². The number of nitrogens with one attached hydrogen (secondary N) is 2. The van der Waals surface area contributed by atoms with Crippen LogP contribution < -0.4 is 10.6 Å². The van der Waals surface area contributed by atoms with Crippen molar-refractivity contribution in [2.45, 2.75) is 58.6 Å². The number of fused-ring (bicyclic) bond motifs is 2. The molecule has 3 unspecified atom stereocenters. The molecule has 21 heavy (non-hydrogen) atoms. The summed E-state index contributed by atoms with van der Waals surface area (Å²) in [7, 11) is 0. The number of carbonyl (C=O) groups excluding carboxylic acids is 1. The number of amides is 1. The maximum Gasteiger partial charge on any atom is 0.407 e. The summed E-state index contributed by atoms with van der Waals surface area (Å²) in [6.07, 6.45) is 7.05. The minimum absolute atomic E-state index is 0.123. The van der Waals surface area contributed by atoms with Gasteiger partial charge in [-0.2, -0.15) is 0 Å². The summed E-state index contributed by atoms with van der Waals surface area (Å²) < 4.78 is 5.26. The predicted molar refractivity (Wildman–Crippen MR) is 85.2 cm³/mol. The van der Waals surface area contributed by atoms with Crippen molar-refractivity contribution in [3.05, 3.63) is 12.2 Å². The van der Waals surface area contributed by atoms with Gasteiger partial charge >= 0.3 is 6.09 Å². The molecule has 0 aliphatic heterocycles. The molecule has 1 saturated carbocycles. The molecule has 0 spiro atoms. The molecule has 3 atom stereocenters. The Morgan fingerprint density at radius 2 is 1.90 bits per heavy atom. The molecule has 0 saturated heterocycles. The molecule has 0 aromatic rings. The number of alkyl carbamates (subject to hydrolysis) is 1. The van der Waals surface area contributed by atoms with Crippen molar-refractivity contribution in [3.63, 3.8) is 0 Å². The Morgan fingerprint density at radius 1 is 1.19 bits per heavy atom. The minimum Gasteiger partial charge on any atom is -0.444 e. The minimum atomic E-state index is -0.447. The van der Waals surface area contributed by atoms with E-state index >= 15 is 0 Å². The van der Waals surface area contributed by atoms with Gasteiger partial charge in [0.25, 0.3) is 0 Å². The van der Waals surface area contributed by atoms with E-state index in [1.165, 1.54) is 12.8 Å². The first-order valence-corrected chi connectivity index (χ1v) is 8.05. The average molecular weight is 294 g/mol. The maximum atomic E-state index is 11.7. The standard InChI is InChI=1S/C17H30N2O2/c1-16(2,3)21-15(20)18-11-17(4,5)19-10-14-9-12-6-7-13(14)8-12/h6-7,12-14,19H,8-11H2,1-5H3,(H,18,20). The molecule has 1 amide bonds. The fourth-order valence-electron chi connectivity index (χ4n) is 3.21. The molecule has 2 aliphatic rings. The first-order valence-electron chi connectivity index (χ1n) is 8.05. The molecule has 0 aromatic heterocycles. The number of carbonyl (C=O) groups is 1. The molecule has 2 aliphatic carbocycles. The lowest BCUT2D eigenvalue weighted by molar-refractivity contribution is 0.0513. The van der Waals surface area contributed by atoms with Crippen molar-refractivity contribution in [3.8, 4) is 0 Å². The Kier molecular flexibility index (Phi) is 4.66. The fraction of sp³-hybridized carbons (Fsp3) is 0.824. The quantitative estimate of drug-likeness (QED) is 0.766. The van der Waals surface area contributed by atoms with E-state index in [1.54, 1.807) is 0 Å². The highest BCUT2D eigenvalue weighted by Gasteiger charge is 2.36. The third kappa shape index (κ3) is 5.03. The summed E-state index contributed by atoms with van der Waals surface area (Å²) in [5.41, 5.74) is -0.570. The van der Waals surface area contributed by atoms with E-state index < -0.39 is 5.60 Å². The lowest BCUT2D eigenvalue weighted by Crippen LogP contribution is -2.51. The number of ether oxygens (including phenoxy) is 1. The molecule has 1 fully saturated rings. The highest BCUT2D eigenvalue weighted by molar-refractivity contribution is 5.67. The van der Waals surface area contributed by atoms with E-state index in [0.29, 0.717) is 6.54 Å². The highest BCUT2D eigenvalue weighted by atomic mass is 16.6. The topological polar surface area (TPSA) is 50.4 Å². The van der Waals surface area contributed by atoms with Crippen LogP contribution in [0, 0.1) is 17.8 Å². The van der Waals surface area contributed by atoms with Gasteiger partial charge in [-0.3, -0.25) is 0 Å². The van der Waals surface area contributed by atoms with Crippen LogP contribution in [0.1, 0.15) is 47.5 Å². The second kappa shape index (κ2) is 5.99. The normalized spacial score (nSPS) is 28.0. The van der Waals surface area contributed by atoms with Crippen molar-refractivity contribution in [2.24, 2.45) is 17.8 Å². The predicted octanol–water partition coefficient (Wildman–Crippen LogP) is 3.09. The molecule has 4 nitrogen and oxygen atoms in total. The molecular formula is C17H30N2O2. The van der Waals surface area contributed by atoms with Gasteiger partial charge in [0.15, 0.2) is 0 Å². The molecular weight excluding hydrogens is 264 g/mol. The van der Waals surface area contributed by atoms with Crippen LogP contribution in [-0.2, 0) is 4.74 Å². The van der Waals surface area contributed by atoms with Crippen molar-refractivity contribution >= 4 is 6.09 Å². The molecule has 4 heteroatoms. The van der Waals surface area contributed by atoms with E-state index in [1.807, 2.05) is 20.8 Å². The van der Waals surface area contributed by atoms with Crippen LogP contribution in [-0.4, -0.2) is 30.3 Å². The number of allylic oxidation sites excluding steroid dienone is 2. The summed E-state index contributed by atoms with van der Waals surface area (Å²) in [6.45, 7) is 11.4. The van der Waals surface area contributed by atoms with Gasteiger partial charge in [0, 0.05) is 12.1 Å². The lowest BCUT2D eigenvalue weighted by atomic mass is 9.92. The van der Waals surface area contributed by atoms with Crippen molar-refractivity contribution in [1.29, 1.82) is 0 Å². The zero-order valence-electron chi connectivity index (χ0n) is 14.0. The monoisotopic (exact) mass is 294 g/mol. The summed E-state index contributed by atoms with van der Waals surface area (Å²) >= 11 is 0. The van der Waals surface area contributed by atoms with E-state index in [2.05, 4.69) is 36.6 Å². The Balaban J connectivity index is 1.69. The van der Waals surface area contributed by atoms with Crippen LogP contribution >= 0.6 is 0 Å². The molecule has 0 radical (unpaired) electrons. The molecule has 2 N–H and O–H groups in total. The van der Waals surface area contributed by atoms with Gasteiger partial charge in [-0.25, -0.2) is 4.79 Å². The first kappa shape index (κ1) is 16.3. The Hall–Kier alpha value is -1.03. The lowest BCUT2D eigenvalue weighted by Gasteiger charge is -2.30. The summed E-state index contributed by atoms with van der Waals surface area (Å²) in [5.74, 6) is 2.32. The van der Waals surface area contributed by atoms with Gasteiger partial charge in [0.2, 0.25) is 0 Å². The zero-order chi connectivity index (χ0) is 15.7. The van der Waals surface area contributed by atoms with E-state index in [-0.39, 0.29) is 11.6 Å². The molecule has 0 aromatic carbocycles. The summed E-state index contributed by atoms with van der Waals surface area (Å²) in [5, 5.41) is 6.45. The van der Waals surface area contributed by atoms with Crippen LogP contribution in [0.25, 0.3) is 0 Å². The van der Waals surface area contributed by atoms with Crippen molar-refractivity contribution < 1.29 is 9.53 Å². The summed E-state index contributed by atoms with van der Waals surface area (Å²) in [4.78, 5) is 11.7. The van der Waals surface area contributed by atoms with Gasteiger partial charge < -0.3 is 15.4 Å². The maximum absolute atomic E-state index is 11.7. The van der Waals surface area contributed by atoms with Gasteiger partial charge in [-0.1, -0.05) is 12.2 Å². The van der Waals surface area contributed by atoms with Crippen LogP contribution in [0.2, 0.25) is 0 Å². The Labute approximate surface area is 128 Å². The first-order chi connectivity index (χ1) is 9.65. The second-order valence-corrected chi connectivity index (χ2v) is 8.16. The summed E-state index contributed by atoms with van der Waals surface area (Å²) in [6, 6.07) is 0. The molecule has 120 valence electrons. The highest BCUT2D eigenvalue weighted by Crippen LogP contribution is 2.43. The van der Waals surface area contributed by atoms with E-state index in [9.17, 15) is 4.79 Å². The van der Waals surface area contributed by atoms with Crippen LogP contribution in [0.3, 0.4) is 0 Å². The molecule has 2 bridgehead atoms. The molecule has 0 heterocycles. The van der Waals surface area contributed by atoms with Gasteiger partial charge in [0.05, 0.1) is 0 Å². The number of hydrogen-bond acceptors (Lipinski definition) is 3. The smallest absolute Gasteiger partial charge is 0.407 e. The van der Waals surface area contributed by atoms with Crippen LogP contribution in [0.5, 0.6) is 0 Å². The van der Waals surface area contributed by atoms with E-state index in [4.69, 9.17) is 4.74 Å². The number of hydrogen-bond donors (Lipinski definition) is 2. The zero-order valence-corrected chi connectivity index (χ0v) is 14.0. The fourth-order valence-corrected chi connectivity index (χ4v) is 3.21. The second-order valence-electron chi connectivity index (χ2n) is 8.16.